The van der Waals surface area contributed by atoms with Crippen molar-refractivity contribution in [3.63, 3.8) is 0 Å². The summed E-state index contributed by atoms with van der Waals surface area (Å²) in [4.78, 5) is 6.84. The summed E-state index contributed by atoms with van der Waals surface area (Å²) in [6.45, 7) is 1.50. The van der Waals surface area contributed by atoms with Crippen LogP contribution in [0, 0.1) is 0 Å². The van der Waals surface area contributed by atoms with Crippen molar-refractivity contribution in [3.05, 3.63) is 30.1 Å². The van der Waals surface area contributed by atoms with E-state index in [9.17, 15) is 8.78 Å². The average Bonchev–Trinajstić information content (AvgIpc) is 2.87. The number of hydrogen-bond acceptors (Lipinski definition) is 2. The first kappa shape index (κ1) is 20.1. The molecular weight excluding hydrogens is 343 g/mol. The van der Waals surface area contributed by atoms with Crippen molar-refractivity contribution in [1.29, 1.82) is 0 Å². The van der Waals surface area contributed by atoms with E-state index in [0.29, 0.717) is 16.9 Å². The molecule has 0 aliphatic carbocycles. The van der Waals surface area contributed by atoms with Crippen LogP contribution in [0.25, 0.3) is 11.0 Å². The Kier molecular flexibility index (Phi) is 7.71. The van der Waals surface area contributed by atoms with Crippen molar-refractivity contribution in [2.24, 2.45) is 0 Å². The van der Waals surface area contributed by atoms with Crippen molar-refractivity contribution >= 4 is 35.8 Å². The lowest BCUT2D eigenvalue weighted by molar-refractivity contribution is 0.0587. The van der Waals surface area contributed by atoms with Gasteiger partial charge in [0.15, 0.2) is 0 Å². The molecule has 2 heterocycles. The fraction of sp³-hybridized carbons (Fsp3) is 0.562. The van der Waals surface area contributed by atoms with Gasteiger partial charge in [-0.15, -0.1) is 24.8 Å². The number of likely N-dealkylation sites (tertiary alicyclic amines) is 1. The van der Waals surface area contributed by atoms with E-state index in [1.807, 2.05) is 12.1 Å². The number of rotatable bonds is 4. The number of halogens is 4. The Morgan fingerprint density at radius 2 is 1.96 bits per heavy atom. The van der Waals surface area contributed by atoms with Crippen LogP contribution in [0.3, 0.4) is 0 Å². The van der Waals surface area contributed by atoms with E-state index in [-0.39, 0.29) is 30.9 Å². The van der Waals surface area contributed by atoms with Crippen molar-refractivity contribution in [2.45, 2.75) is 45.2 Å². The monoisotopic (exact) mass is 365 g/mol. The van der Waals surface area contributed by atoms with Crippen LogP contribution < -0.4 is 0 Å². The molecule has 0 amide bonds. The van der Waals surface area contributed by atoms with Crippen LogP contribution >= 0.6 is 24.8 Å². The first-order valence-electron chi connectivity index (χ1n) is 7.71. The van der Waals surface area contributed by atoms with Crippen LogP contribution in [0.5, 0.6) is 0 Å². The van der Waals surface area contributed by atoms with Gasteiger partial charge in [-0.1, -0.05) is 25.5 Å². The lowest BCUT2D eigenvalue weighted by Gasteiger charge is -2.35. The molecule has 1 saturated heterocycles. The van der Waals surface area contributed by atoms with E-state index in [1.165, 1.54) is 0 Å². The fourth-order valence-corrected chi connectivity index (χ4v) is 3.34. The van der Waals surface area contributed by atoms with Gasteiger partial charge < -0.3 is 0 Å². The standard InChI is InChI=1S/C16H21F2N3.2ClH/c1-2-10-20-11-6-5-9-14(20)15-19-12-7-3-4-8-13(12)21(15)16(17)18;;/h3-4,7-8,14,16H,2,5-6,9-11H2,1H3;2*1H/t14-;;/m0../s1. The van der Waals surface area contributed by atoms with E-state index in [2.05, 4.69) is 16.8 Å². The minimum atomic E-state index is -2.54. The molecule has 3 rings (SSSR count). The van der Waals surface area contributed by atoms with E-state index < -0.39 is 6.55 Å². The highest BCUT2D eigenvalue weighted by Gasteiger charge is 2.30. The molecule has 130 valence electrons. The molecule has 0 radical (unpaired) electrons. The van der Waals surface area contributed by atoms with Gasteiger partial charge in [0.1, 0.15) is 5.82 Å². The van der Waals surface area contributed by atoms with Crippen LogP contribution in [0.1, 0.15) is 51.0 Å². The molecule has 3 nitrogen and oxygen atoms in total. The molecule has 0 saturated carbocycles. The second-order valence-corrected chi connectivity index (χ2v) is 5.65. The third kappa shape index (κ3) is 3.95. The maximum atomic E-state index is 13.6. The Hall–Kier alpha value is -0.910. The van der Waals surface area contributed by atoms with Crippen molar-refractivity contribution in [2.75, 3.05) is 13.1 Å². The average molecular weight is 366 g/mol. The number of nitrogens with zero attached hydrogens (tertiary/aromatic N) is 3. The lowest BCUT2D eigenvalue weighted by atomic mass is 10.0. The molecule has 0 unspecified atom stereocenters. The molecule has 0 bridgehead atoms. The molecule has 1 aliphatic rings. The highest BCUT2D eigenvalue weighted by molar-refractivity contribution is 5.85. The second kappa shape index (κ2) is 8.81. The molecule has 7 heteroatoms. The van der Waals surface area contributed by atoms with Crippen LogP contribution in [0.4, 0.5) is 8.78 Å². The third-order valence-corrected chi connectivity index (χ3v) is 4.24. The number of piperidine rings is 1. The normalized spacial score (nSPS) is 18.7. The van der Waals surface area contributed by atoms with E-state index in [1.54, 1.807) is 12.1 Å². The summed E-state index contributed by atoms with van der Waals surface area (Å²) in [6.07, 6.45) is 4.17. The summed E-state index contributed by atoms with van der Waals surface area (Å²) in [5.41, 5.74) is 1.19. The number of para-hydroxylation sites is 2. The molecule has 0 spiro atoms. The zero-order valence-corrected chi connectivity index (χ0v) is 14.8. The molecule has 1 aliphatic heterocycles. The van der Waals surface area contributed by atoms with Gasteiger partial charge in [0, 0.05) is 0 Å². The number of benzene rings is 1. The molecule has 1 fully saturated rings. The summed E-state index contributed by atoms with van der Waals surface area (Å²) in [6, 6.07) is 7.19. The topological polar surface area (TPSA) is 21.1 Å². The number of fused-ring (bicyclic) bond motifs is 1. The predicted octanol–water partition coefficient (Wildman–Crippen LogP) is 5.21. The Labute approximate surface area is 147 Å². The highest BCUT2D eigenvalue weighted by Crippen LogP contribution is 2.34. The quantitative estimate of drug-likeness (QED) is 0.741. The van der Waals surface area contributed by atoms with E-state index >= 15 is 0 Å². The minimum absolute atomic E-state index is 0. The number of aromatic nitrogens is 2. The Bertz CT molecular complexity index is 616. The minimum Gasteiger partial charge on any atom is -0.293 e. The van der Waals surface area contributed by atoms with Crippen molar-refractivity contribution in [3.8, 4) is 0 Å². The van der Waals surface area contributed by atoms with Crippen LogP contribution in [0.2, 0.25) is 0 Å². The number of alkyl halides is 2. The van der Waals surface area contributed by atoms with Gasteiger partial charge >= 0.3 is 6.55 Å². The van der Waals surface area contributed by atoms with Crippen LogP contribution in [0.15, 0.2) is 24.3 Å². The summed E-state index contributed by atoms with van der Waals surface area (Å²) < 4.78 is 28.2. The smallest absolute Gasteiger partial charge is 0.293 e. The zero-order valence-electron chi connectivity index (χ0n) is 13.1. The lowest BCUT2D eigenvalue weighted by Crippen LogP contribution is -2.35. The van der Waals surface area contributed by atoms with Gasteiger partial charge in [-0.25, -0.2) is 4.98 Å². The van der Waals surface area contributed by atoms with Crippen molar-refractivity contribution < 1.29 is 8.78 Å². The third-order valence-electron chi connectivity index (χ3n) is 4.24. The first-order chi connectivity index (χ1) is 10.2. The Balaban J connectivity index is 0.00000132. The Morgan fingerprint density at radius 3 is 2.65 bits per heavy atom. The van der Waals surface area contributed by atoms with Gasteiger partial charge in [-0.2, -0.15) is 8.78 Å². The number of hydrogen-bond donors (Lipinski definition) is 0. The molecule has 23 heavy (non-hydrogen) atoms. The van der Waals surface area contributed by atoms with E-state index in [0.717, 1.165) is 43.3 Å². The predicted molar refractivity (Wildman–Crippen MR) is 93.9 cm³/mol. The zero-order chi connectivity index (χ0) is 14.8. The summed E-state index contributed by atoms with van der Waals surface area (Å²) in [5, 5.41) is 0. The summed E-state index contributed by atoms with van der Waals surface area (Å²) in [7, 11) is 0. The molecule has 2 aromatic rings. The SMILES string of the molecule is CCCN1CCCC[C@H]1c1nc2ccccc2n1C(F)F.Cl.Cl. The second-order valence-electron chi connectivity index (χ2n) is 5.65. The van der Waals surface area contributed by atoms with Gasteiger partial charge in [0.25, 0.3) is 0 Å². The number of imidazole rings is 1. The summed E-state index contributed by atoms with van der Waals surface area (Å²) in [5.74, 6) is 0.527. The fourth-order valence-electron chi connectivity index (χ4n) is 3.34. The maximum Gasteiger partial charge on any atom is 0.320 e. The molecule has 1 aromatic heterocycles. The maximum absolute atomic E-state index is 13.6. The molecule has 1 atom stereocenters. The highest BCUT2D eigenvalue weighted by atomic mass is 35.5. The van der Waals surface area contributed by atoms with Crippen LogP contribution in [-0.2, 0) is 0 Å². The van der Waals surface area contributed by atoms with Crippen LogP contribution in [-0.4, -0.2) is 27.5 Å². The summed E-state index contributed by atoms with van der Waals surface area (Å²) >= 11 is 0. The van der Waals surface area contributed by atoms with E-state index in [4.69, 9.17) is 0 Å². The van der Waals surface area contributed by atoms with Crippen molar-refractivity contribution in [1.82, 2.24) is 14.5 Å². The molecular formula is C16H23Cl2F2N3. The van der Waals surface area contributed by atoms with Gasteiger partial charge in [0.05, 0.1) is 17.1 Å². The van der Waals surface area contributed by atoms with Gasteiger partial charge in [0.2, 0.25) is 0 Å². The molecule has 1 aromatic carbocycles. The van der Waals surface area contributed by atoms with Gasteiger partial charge in [-0.3, -0.25) is 9.47 Å². The largest absolute Gasteiger partial charge is 0.320 e. The Morgan fingerprint density at radius 1 is 1.22 bits per heavy atom. The van der Waals surface area contributed by atoms with Gasteiger partial charge in [-0.05, 0) is 44.5 Å². The first-order valence-corrected chi connectivity index (χ1v) is 7.71. The molecule has 0 N–H and O–H groups in total.